The third kappa shape index (κ3) is 31.4. The molecule has 9 atom stereocenters. The minimum absolute atomic E-state index is 0.0292. The first-order valence-corrected chi connectivity index (χ1v) is 49.4. The Morgan fingerprint density at radius 3 is 1.27 bits per heavy atom. The molecule has 700 valence electrons. The second kappa shape index (κ2) is 51.4. The summed E-state index contributed by atoms with van der Waals surface area (Å²) in [5.41, 5.74) is 15.6. The Morgan fingerprint density at radius 1 is 0.359 bits per heavy atom. The summed E-state index contributed by atoms with van der Waals surface area (Å²) < 4.78 is 60.2. The van der Waals surface area contributed by atoms with Crippen LogP contribution in [0.2, 0.25) is 0 Å². The molecule has 4 aliphatic rings. The molecule has 16 rings (SSSR count). The van der Waals surface area contributed by atoms with Crippen LogP contribution >= 0.6 is 0 Å². The SMILES string of the molecule is CCC(C)c1ccc(OC(C)(C)OCCCCc2ccccc2)cc1.CCC(C)c1ccc(OC(C)OCC23CC4CC(CC(C4)C2)C3)cc1.CCC(C)c1ccc(OC(C)OCc2c3ccccc3cc3ccccc23)cc1.CCC(C)c1ccc(OC(C)OCc2cccc3ccccc23)cc1.CCC(OCCc1cc(C)cc(C)c1)Oc1ccc(C(C)CC)cc1CO. The van der Waals surface area contributed by atoms with E-state index < -0.39 is 5.79 Å². The van der Waals surface area contributed by atoms with Crippen LogP contribution in [0.15, 0.2) is 261 Å². The Balaban J connectivity index is 0.000000158. The van der Waals surface area contributed by atoms with Gasteiger partial charge in [-0.3, -0.25) is 0 Å². The zero-order valence-electron chi connectivity index (χ0n) is 82.3. The Labute approximate surface area is 787 Å². The lowest BCUT2D eigenvalue weighted by atomic mass is 9.50. The van der Waals surface area contributed by atoms with Crippen LogP contribution in [0.3, 0.4) is 0 Å². The van der Waals surface area contributed by atoms with Crippen molar-refractivity contribution in [1.82, 2.24) is 0 Å². The van der Waals surface area contributed by atoms with E-state index in [1.54, 1.807) is 0 Å². The van der Waals surface area contributed by atoms with E-state index in [0.29, 0.717) is 67.2 Å². The molecule has 4 fully saturated rings. The first-order valence-electron chi connectivity index (χ1n) is 49.4. The fourth-order valence-corrected chi connectivity index (χ4v) is 18.9. The number of hydrogen-bond donors (Lipinski definition) is 1. The zero-order chi connectivity index (χ0) is 93.2. The summed E-state index contributed by atoms with van der Waals surface area (Å²) in [6.45, 7) is 41.6. The molecule has 0 heterocycles. The quantitative estimate of drug-likeness (QED) is 0.0225. The normalized spacial score (nSPS) is 17.6. The van der Waals surface area contributed by atoms with Gasteiger partial charge in [0.05, 0.1) is 39.6 Å². The number of aliphatic hydroxyl groups excluding tert-OH is 1. The van der Waals surface area contributed by atoms with E-state index in [0.717, 1.165) is 111 Å². The highest BCUT2D eigenvalue weighted by molar-refractivity contribution is 6.02. The molecule has 12 aromatic rings. The number of fused-ring (bicyclic) bond motifs is 3. The van der Waals surface area contributed by atoms with Gasteiger partial charge in [0.15, 0.2) is 25.2 Å². The standard InChI is InChI=1S/C27H28O2.C24H34O3.C23H34O2.C23H26O2.C23H32O2/c1-4-19(2)21-13-15-24(16-14-21)29-20(3)28-18-27-25-11-7-5-9-22(25)17-23-10-6-8-12-26(23)27;1-6-19(5)21-8-9-23(22(15-21)16-25)27-24(7-2)26-11-10-20-13-17(3)12-18(4)14-20;1-4-16(2)21-5-7-22(8-6-21)25-17(3)24-15-23-12-18-9-19(13-23)11-20(10-18)14-23;1-4-17(2)19-12-14-22(15-13-19)25-18(3)24-16-21-10-7-9-20-8-5-6-11-23(20)21;1-5-19(2)21-14-16-22(17-15-21)25-23(3,4)24-18-10-9-13-20-11-7-6-8-12-20/h5-17,19-20H,4,18H2,1-3H3;8-9,12-15,19,24-25H,6-7,10-11,16H2,1-5H3;5-8,16-20H,4,9-15H2,1-3H3;5-15,17-18H,4,16H2,1-3H3;6-8,11-12,14-17,19H,5,9-10,13,18H2,1-4H3. The first-order chi connectivity index (χ1) is 63.3. The third-order valence-electron chi connectivity index (χ3n) is 27.2. The molecule has 0 aromatic heterocycles. The number of rotatable bonds is 41. The summed E-state index contributed by atoms with van der Waals surface area (Å²) in [5.74, 6) is 9.34. The van der Waals surface area contributed by atoms with Crippen LogP contribution in [0.25, 0.3) is 32.3 Å². The fraction of sp³-hybridized carbons (Fsp3) is 0.450. The van der Waals surface area contributed by atoms with Gasteiger partial charge in [-0.2, -0.15) is 0 Å². The minimum atomic E-state index is -0.607. The molecular formula is C120H154O11. The van der Waals surface area contributed by atoms with Gasteiger partial charge in [0.25, 0.3) is 0 Å². The van der Waals surface area contributed by atoms with E-state index in [1.807, 2.05) is 90.1 Å². The Hall–Kier alpha value is -9.82. The van der Waals surface area contributed by atoms with Crippen LogP contribution in [0, 0.1) is 37.0 Å². The van der Waals surface area contributed by atoms with Crippen LogP contribution < -0.4 is 23.7 Å². The number of aliphatic hydroxyl groups is 1. The number of hydrogen-bond acceptors (Lipinski definition) is 11. The summed E-state index contributed by atoms with van der Waals surface area (Å²) in [5, 5.41) is 17.1. The first kappa shape index (κ1) is 102. The maximum absolute atomic E-state index is 9.74. The van der Waals surface area contributed by atoms with E-state index in [1.165, 1.54) is 138 Å². The van der Waals surface area contributed by atoms with Crippen LogP contribution in [0.4, 0.5) is 0 Å². The maximum Gasteiger partial charge on any atom is 0.204 e. The largest absolute Gasteiger partial charge is 0.465 e. The molecule has 0 amide bonds. The van der Waals surface area contributed by atoms with Crippen molar-refractivity contribution in [2.24, 2.45) is 23.2 Å². The van der Waals surface area contributed by atoms with Gasteiger partial charge in [-0.05, 0) is 333 Å². The average molecular weight is 1770 g/mol. The summed E-state index contributed by atoms with van der Waals surface area (Å²) in [4.78, 5) is 0. The number of ether oxygens (including phenoxy) is 10. The van der Waals surface area contributed by atoms with Gasteiger partial charge >= 0.3 is 0 Å². The number of benzene rings is 12. The molecule has 4 saturated carbocycles. The predicted octanol–water partition coefficient (Wildman–Crippen LogP) is 31.9. The van der Waals surface area contributed by atoms with Gasteiger partial charge in [-0.25, -0.2) is 0 Å². The van der Waals surface area contributed by atoms with Gasteiger partial charge in [-0.1, -0.05) is 281 Å². The van der Waals surface area contributed by atoms with Crippen molar-refractivity contribution >= 4 is 32.3 Å². The maximum atomic E-state index is 9.74. The Bertz CT molecular complexity index is 5220. The highest BCUT2D eigenvalue weighted by Gasteiger charge is 2.51. The molecule has 12 aromatic carbocycles. The molecule has 0 spiro atoms. The van der Waals surface area contributed by atoms with Crippen molar-refractivity contribution in [2.75, 3.05) is 19.8 Å². The van der Waals surface area contributed by atoms with E-state index in [-0.39, 0.29) is 31.8 Å². The van der Waals surface area contributed by atoms with Crippen molar-refractivity contribution in [2.45, 2.75) is 308 Å². The van der Waals surface area contributed by atoms with Gasteiger partial charge in [0.2, 0.25) is 5.79 Å². The monoisotopic (exact) mass is 1770 g/mol. The molecule has 0 saturated heterocycles. The minimum Gasteiger partial charge on any atom is -0.465 e. The smallest absolute Gasteiger partial charge is 0.204 e. The fourth-order valence-electron chi connectivity index (χ4n) is 18.9. The third-order valence-corrected chi connectivity index (χ3v) is 27.2. The molecule has 1 N–H and O–H groups in total. The Morgan fingerprint density at radius 2 is 0.786 bits per heavy atom. The second-order valence-corrected chi connectivity index (χ2v) is 38.1. The molecule has 4 aliphatic carbocycles. The van der Waals surface area contributed by atoms with Crippen molar-refractivity contribution in [3.8, 4) is 28.7 Å². The lowest BCUT2D eigenvalue weighted by Gasteiger charge is -2.56. The predicted molar refractivity (Wildman–Crippen MR) is 544 cm³/mol. The van der Waals surface area contributed by atoms with Crippen molar-refractivity contribution in [1.29, 1.82) is 0 Å². The molecule has 11 heteroatoms. The van der Waals surface area contributed by atoms with Gasteiger partial charge in [0, 0.05) is 25.8 Å². The number of aryl methyl sites for hydroxylation is 3. The van der Waals surface area contributed by atoms with Crippen LogP contribution in [0.1, 0.15) is 297 Å². The molecular weight excluding hydrogens is 1620 g/mol. The number of unbranched alkanes of at least 4 members (excludes halogenated alkanes) is 1. The zero-order valence-corrected chi connectivity index (χ0v) is 82.3. The second-order valence-electron chi connectivity index (χ2n) is 38.1. The summed E-state index contributed by atoms with van der Waals surface area (Å²) >= 11 is 0. The lowest BCUT2D eigenvalue weighted by Crippen LogP contribution is -2.48. The summed E-state index contributed by atoms with van der Waals surface area (Å²) in [7, 11) is 0. The van der Waals surface area contributed by atoms with E-state index in [9.17, 15) is 5.11 Å². The van der Waals surface area contributed by atoms with Crippen molar-refractivity contribution in [3.05, 3.63) is 328 Å². The van der Waals surface area contributed by atoms with Crippen LogP contribution in [0.5, 0.6) is 28.7 Å². The molecule has 0 radical (unpaired) electrons. The molecule has 9 unspecified atom stereocenters. The van der Waals surface area contributed by atoms with Gasteiger partial charge in [-0.15, -0.1) is 0 Å². The van der Waals surface area contributed by atoms with E-state index in [4.69, 9.17) is 47.4 Å². The van der Waals surface area contributed by atoms with Crippen LogP contribution in [-0.4, -0.2) is 55.9 Å². The molecule has 4 bridgehead atoms. The molecule has 131 heavy (non-hydrogen) atoms. The highest BCUT2D eigenvalue weighted by atomic mass is 16.7. The molecule has 0 aliphatic heterocycles. The summed E-state index contributed by atoms with van der Waals surface area (Å²) in [6, 6.07) is 90.8. The van der Waals surface area contributed by atoms with E-state index >= 15 is 0 Å². The average Bonchev–Trinajstić information content (AvgIpc) is 0.747. The van der Waals surface area contributed by atoms with E-state index in [2.05, 4.69) is 295 Å². The van der Waals surface area contributed by atoms with Crippen molar-refractivity contribution < 1.29 is 52.5 Å². The highest BCUT2D eigenvalue weighted by Crippen LogP contribution is 2.60. The van der Waals surface area contributed by atoms with Crippen LogP contribution in [-0.2, 0) is 56.3 Å². The Kier molecular flexibility index (Phi) is 39.9. The van der Waals surface area contributed by atoms with Gasteiger partial charge in [0.1, 0.15) is 28.7 Å². The summed E-state index contributed by atoms with van der Waals surface area (Å²) in [6.07, 6.45) is 18.1. The van der Waals surface area contributed by atoms with Crippen molar-refractivity contribution in [3.63, 3.8) is 0 Å². The van der Waals surface area contributed by atoms with Gasteiger partial charge < -0.3 is 52.5 Å². The molecule has 11 nitrogen and oxygen atoms in total. The lowest BCUT2D eigenvalue weighted by molar-refractivity contribution is -0.156. The topological polar surface area (TPSA) is 113 Å².